The first-order chi connectivity index (χ1) is 28.8. The second kappa shape index (κ2) is 13.2. The zero-order valence-electron chi connectivity index (χ0n) is 33.6. The van der Waals surface area contributed by atoms with E-state index in [1.807, 2.05) is 24.3 Å². The maximum Gasteiger partial charge on any atom is 0.164 e. The van der Waals surface area contributed by atoms with E-state index in [1.165, 1.54) is 54.8 Å². The lowest BCUT2D eigenvalue weighted by Crippen LogP contribution is -2.43. The summed E-state index contributed by atoms with van der Waals surface area (Å²) in [5.74, 6) is 1.92. The Morgan fingerprint density at radius 1 is 0.373 bits per heavy atom. The van der Waals surface area contributed by atoms with E-state index >= 15 is 0 Å². The second-order valence-electron chi connectivity index (χ2n) is 16.9. The normalized spacial score (nSPS) is 14.0. The minimum atomic E-state index is -0.134. The van der Waals surface area contributed by atoms with E-state index in [1.54, 1.807) is 0 Å². The van der Waals surface area contributed by atoms with Gasteiger partial charge in [-0.05, 0) is 104 Å². The first kappa shape index (κ1) is 35.0. The number of rotatable bonds is 5. The van der Waals surface area contributed by atoms with E-state index in [0.717, 1.165) is 33.5 Å². The smallest absolute Gasteiger partial charge is 0.164 e. The highest BCUT2D eigenvalue weighted by molar-refractivity contribution is 6.13. The van der Waals surface area contributed by atoms with Gasteiger partial charge >= 0.3 is 0 Å². The summed E-state index contributed by atoms with van der Waals surface area (Å²) in [4.78, 5) is 15.2. The Kier molecular flexibility index (Phi) is 7.83. The lowest BCUT2D eigenvalue weighted by molar-refractivity contribution is 0.299. The molecule has 0 spiro atoms. The second-order valence-corrected chi connectivity index (χ2v) is 16.9. The molecular weight excluding hydrogens is 717 g/mol. The summed E-state index contributed by atoms with van der Waals surface area (Å²) >= 11 is 0. The molecule has 0 unspecified atom stereocenters. The Balaban J connectivity index is 1.07. The van der Waals surface area contributed by atoms with Crippen LogP contribution in [0.2, 0.25) is 0 Å². The van der Waals surface area contributed by atoms with Gasteiger partial charge in [0.05, 0.1) is 11.0 Å². The van der Waals surface area contributed by atoms with Gasteiger partial charge in [0, 0.05) is 33.2 Å². The van der Waals surface area contributed by atoms with Crippen molar-refractivity contribution >= 4 is 32.6 Å². The van der Waals surface area contributed by atoms with Crippen LogP contribution in [0.5, 0.6) is 0 Å². The van der Waals surface area contributed by atoms with Crippen LogP contribution in [-0.2, 0) is 10.8 Å². The van der Waals surface area contributed by atoms with Crippen LogP contribution in [-0.4, -0.2) is 19.5 Å². The fraction of sp³-hybridized carbons (Fsp3) is 0.109. The molecule has 0 amide bonds. The van der Waals surface area contributed by atoms with Gasteiger partial charge in [-0.2, -0.15) is 0 Å². The summed E-state index contributed by atoms with van der Waals surface area (Å²) in [6.45, 7) is 9.67. The maximum atomic E-state index is 5.12. The van der Waals surface area contributed by atoms with E-state index in [9.17, 15) is 0 Å². The Bertz CT molecular complexity index is 3250. The third-order valence-corrected chi connectivity index (χ3v) is 13.2. The molecule has 0 atom stereocenters. The van der Waals surface area contributed by atoms with E-state index in [0.29, 0.717) is 17.5 Å². The highest BCUT2D eigenvalue weighted by Gasteiger charge is 2.46. The topological polar surface area (TPSA) is 43.6 Å². The van der Waals surface area contributed by atoms with Gasteiger partial charge in [0.1, 0.15) is 0 Å². The van der Waals surface area contributed by atoms with E-state index < -0.39 is 0 Å². The maximum absolute atomic E-state index is 5.12. The predicted octanol–water partition coefficient (Wildman–Crippen LogP) is 14.0. The third kappa shape index (κ3) is 5.47. The number of nitrogens with zero attached hydrogens (tertiary/aromatic N) is 4. The number of hydrogen-bond donors (Lipinski definition) is 0. The largest absolute Gasteiger partial charge is 0.309 e. The number of para-hydroxylation sites is 1. The van der Waals surface area contributed by atoms with Crippen LogP contribution in [0.4, 0.5) is 0 Å². The van der Waals surface area contributed by atoms with Crippen molar-refractivity contribution < 1.29 is 0 Å². The monoisotopic (exact) mass is 758 g/mol. The van der Waals surface area contributed by atoms with Gasteiger partial charge in [-0.1, -0.05) is 161 Å². The molecule has 4 heteroatoms. The molecule has 1 aliphatic rings. The SMILES string of the molecule is CC1(C)c2cc3c(cc2-c2c(ccc4ccccc24)C1(C)C)c1ccccc1n3-c1ccc(-c2nc(-c3ccccc3)nc(-c3cccc(-c4ccccc4)c3)n2)cc1. The van der Waals surface area contributed by atoms with Crippen molar-refractivity contribution in [3.63, 3.8) is 0 Å². The summed E-state index contributed by atoms with van der Waals surface area (Å²) in [6.07, 6.45) is 0. The number of benzene rings is 8. The zero-order valence-corrected chi connectivity index (χ0v) is 33.6. The quantitative estimate of drug-likeness (QED) is 0.176. The Morgan fingerprint density at radius 2 is 0.932 bits per heavy atom. The standard InChI is InChI=1S/C55H42N4/c1-54(2)46-31-28-36-18-11-12-23-42(36)50(46)45-33-44-43-24-13-14-25-48(43)59(49(44)34-47(45)55(54,3)4)41-29-26-38(27-30-41)52-56-51(37-19-9-6-10-20-37)57-53(58-52)40-22-15-21-39(32-40)35-16-7-5-8-17-35/h5-34H,1-4H3. The molecular formula is C55H42N4. The minimum Gasteiger partial charge on any atom is -0.309 e. The Labute approximate surface area is 344 Å². The van der Waals surface area contributed by atoms with Crippen LogP contribution in [0.15, 0.2) is 182 Å². The van der Waals surface area contributed by atoms with Gasteiger partial charge in [0.25, 0.3) is 0 Å². The Hall–Kier alpha value is -7.17. The summed E-state index contributed by atoms with van der Waals surface area (Å²) in [6, 6.07) is 65.0. The van der Waals surface area contributed by atoms with Crippen molar-refractivity contribution in [2.24, 2.45) is 0 Å². The molecule has 4 nitrogen and oxygen atoms in total. The van der Waals surface area contributed by atoms with Gasteiger partial charge in [0.15, 0.2) is 17.5 Å². The summed E-state index contributed by atoms with van der Waals surface area (Å²) in [5, 5.41) is 5.09. The van der Waals surface area contributed by atoms with Gasteiger partial charge in [-0.25, -0.2) is 15.0 Å². The summed E-state index contributed by atoms with van der Waals surface area (Å²) in [7, 11) is 0. The third-order valence-electron chi connectivity index (χ3n) is 13.2. The van der Waals surface area contributed by atoms with Crippen LogP contribution >= 0.6 is 0 Å². The van der Waals surface area contributed by atoms with Crippen LogP contribution in [0.3, 0.4) is 0 Å². The molecule has 0 N–H and O–H groups in total. The molecule has 1 aliphatic carbocycles. The Morgan fingerprint density at radius 3 is 1.66 bits per heavy atom. The lowest BCUT2D eigenvalue weighted by Gasteiger charge is -2.48. The van der Waals surface area contributed by atoms with Gasteiger partial charge in [-0.3, -0.25) is 0 Å². The number of fused-ring (bicyclic) bond motifs is 8. The number of hydrogen-bond acceptors (Lipinski definition) is 3. The predicted molar refractivity (Wildman–Crippen MR) is 245 cm³/mol. The van der Waals surface area contributed by atoms with Gasteiger partial charge in [0.2, 0.25) is 0 Å². The molecule has 0 fully saturated rings. The van der Waals surface area contributed by atoms with Crippen molar-refractivity contribution in [3.8, 4) is 62.1 Å². The number of aromatic nitrogens is 4. The molecule has 59 heavy (non-hydrogen) atoms. The van der Waals surface area contributed by atoms with Crippen molar-refractivity contribution in [2.45, 2.75) is 38.5 Å². The van der Waals surface area contributed by atoms with Gasteiger partial charge < -0.3 is 4.57 Å². The average Bonchev–Trinajstić information content (AvgIpc) is 3.61. The molecule has 0 aliphatic heterocycles. The summed E-state index contributed by atoms with van der Waals surface area (Å²) in [5.41, 5.74) is 13.8. The minimum absolute atomic E-state index is 0.101. The van der Waals surface area contributed by atoms with Crippen molar-refractivity contribution in [2.75, 3.05) is 0 Å². The molecule has 10 aromatic rings. The van der Waals surface area contributed by atoms with Crippen molar-refractivity contribution in [1.82, 2.24) is 19.5 Å². The van der Waals surface area contributed by atoms with Crippen LogP contribution in [0.25, 0.3) is 94.7 Å². The lowest BCUT2D eigenvalue weighted by atomic mass is 9.55. The van der Waals surface area contributed by atoms with Gasteiger partial charge in [-0.15, -0.1) is 0 Å². The van der Waals surface area contributed by atoms with E-state index in [4.69, 9.17) is 15.0 Å². The highest BCUT2D eigenvalue weighted by Crippen LogP contribution is 2.56. The first-order valence-electron chi connectivity index (χ1n) is 20.4. The highest BCUT2D eigenvalue weighted by atomic mass is 15.0. The summed E-state index contributed by atoms with van der Waals surface area (Å²) < 4.78 is 2.43. The van der Waals surface area contributed by atoms with Crippen molar-refractivity contribution in [1.29, 1.82) is 0 Å². The molecule has 2 heterocycles. The van der Waals surface area contributed by atoms with E-state index in [2.05, 4.69) is 190 Å². The molecule has 0 saturated carbocycles. The first-order valence-corrected chi connectivity index (χ1v) is 20.4. The molecule has 0 radical (unpaired) electrons. The molecule has 0 saturated heterocycles. The average molecular weight is 759 g/mol. The molecule has 11 rings (SSSR count). The molecule has 2 aromatic heterocycles. The molecule has 0 bridgehead atoms. The molecule has 282 valence electrons. The van der Waals surface area contributed by atoms with Crippen LogP contribution in [0, 0.1) is 0 Å². The van der Waals surface area contributed by atoms with E-state index in [-0.39, 0.29) is 10.8 Å². The molecule has 8 aromatic carbocycles. The van der Waals surface area contributed by atoms with Crippen LogP contribution < -0.4 is 0 Å². The fourth-order valence-electron chi connectivity index (χ4n) is 9.35. The van der Waals surface area contributed by atoms with Crippen molar-refractivity contribution in [3.05, 3.63) is 193 Å². The fourth-order valence-corrected chi connectivity index (χ4v) is 9.35. The zero-order chi connectivity index (χ0) is 39.9. The van der Waals surface area contributed by atoms with Crippen LogP contribution in [0.1, 0.15) is 38.8 Å².